The summed E-state index contributed by atoms with van der Waals surface area (Å²) in [6, 6.07) is 8.73. The van der Waals surface area contributed by atoms with E-state index in [-0.39, 0.29) is 5.75 Å². The van der Waals surface area contributed by atoms with E-state index in [4.69, 9.17) is 10.5 Å². The highest BCUT2D eigenvalue weighted by atomic mass is 19.1. The molecule has 0 heterocycles. The van der Waals surface area contributed by atoms with Gasteiger partial charge in [-0.05, 0) is 42.0 Å². The summed E-state index contributed by atoms with van der Waals surface area (Å²) >= 11 is 0. The maximum absolute atomic E-state index is 13.4. The third-order valence-corrected chi connectivity index (χ3v) is 2.39. The molecule has 0 fully saturated rings. The maximum Gasteiger partial charge on any atom is 0.332 e. The Hall–Kier alpha value is -2.96. The highest BCUT2D eigenvalue weighted by Crippen LogP contribution is 2.24. The third kappa shape index (κ3) is 4.27. The topological polar surface area (TPSA) is 76.7 Å². The van der Waals surface area contributed by atoms with Crippen molar-refractivity contribution in [1.29, 1.82) is 0 Å². The first-order chi connectivity index (χ1) is 10.0. The molecule has 5 nitrogen and oxygen atoms in total. The van der Waals surface area contributed by atoms with Crippen LogP contribution in [0, 0.1) is 11.6 Å². The molecule has 0 unspecified atom stereocenters. The largest absolute Gasteiger partial charge is 0.454 e. The van der Waals surface area contributed by atoms with Crippen LogP contribution in [0.5, 0.6) is 11.5 Å². The standard InChI is InChI=1S/C14H11F2N3O2/c15-10-3-6-13(12(16)7-10)21-11-4-1-9(2-5-11)8-18-19-14(17)20/h1-8H,(H3,17,19,20)/b18-8+. The molecule has 0 spiro atoms. The Balaban J connectivity index is 2.05. The molecule has 2 amide bonds. The lowest BCUT2D eigenvalue weighted by molar-refractivity contribution is 0.249. The zero-order valence-electron chi connectivity index (χ0n) is 10.7. The van der Waals surface area contributed by atoms with E-state index in [2.05, 4.69) is 10.5 Å². The Morgan fingerprint density at radius 1 is 1.19 bits per heavy atom. The Kier molecular flexibility index (Phi) is 4.45. The highest BCUT2D eigenvalue weighted by Gasteiger charge is 2.05. The lowest BCUT2D eigenvalue weighted by atomic mass is 10.2. The van der Waals surface area contributed by atoms with Gasteiger partial charge in [0.2, 0.25) is 0 Å². The van der Waals surface area contributed by atoms with Crippen molar-refractivity contribution in [2.75, 3.05) is 0 Å². The number of hydrazone groups is 1. The first-order valence-electron chi connectivity index (χ1n) is 5.86. The number of primary amides is 1. The van der Waals surface area contributed by atoms with Crippen molar-refractivity contribution in [3.8, 4) is 11.5 Å². The molecule has 0 saturated heterocycles. The monoisotopic (exact) mass is 291 g/mol. The predicted octanol–water partition coefficient (Wildman–Crippen LogP) is 2.76. The Morgan fingerprint density at radius 3 is 2.52 bits per heavy atom. The predicted molar refractivity (Wildman–Crippen MR) is 73.2 cm³/mol. The summed E-state index contributed by atoms with van der Waals surface area (Å²) in [5.41, 5.74) is 7.58. The number of nitrogens with zero attached hydrogens (tertiary/aromatic N) is 1. The van der Waals surface area contributed by atoms with Gasteiger partial charge in [0.15, 0.2) is 11.6 Å². The van der Waals surface area contributed by atoms with Crippen molar-refractivity contribution >= 4 is 12.2 Å². The number of ether oxygens (including phenoxy) is 1. The zero-order chi connectivity index (χ0) is 15.2. The molecule has 0 aromatic heterocycles. The molecule has 0 radical (unpaired) electrons. The smallest absolute Gasteiger partial charge is 0.332 e. The van der Waals surface area contributed by atoms with Crippen LogP contribution in [-0.2, 0) is 0 Å². The normalized spacial score (nSPS) is 10.6. The average molecular weight is 291 g/mol. The van der Waals surface area contributed by atoms with Crippen LogP contribution >= 0.6 is 0 Å². The number of hydrogen-bond donors (Lipinski definition) is 2. The first kappa shape index (κ1) is 14.4. The SMILES string of the molecule is NC(=O)N/N=C/c1ccc(Oc2ccc(F)cc2F)cc1. The summed E-state index contributed by atoms with van der Waals surface area (Å²) in [4.78, 5) is 10.4. The quantitative estimate of drug-likeness (QED) is 0.671. The van der Waals surface area contributed by atoms with Crippen LogP contribution in [-0.4, -0.2) is 12.2 Å². The van der Waals surface area contributed by atoms with Crippen LogP contribution in [0.2, 0.25) is 0 Å². The van der Waals surface area contributed by atoms with E-state index in [1.165, 1.54) is 12.3 Å². The van der Waals surface area contributed by atoms with Crippen LogP contribution in [0.1, 0.15) is 5.56 Å². The van der Waals surface area contributed by atoms with Crippen LogP contribution in [0.25, 0.3) is 0 Å². The molecule has 2 rings (SSSR count). The average Bonchev–Trinajstić information content (AvgIpc) is 2.43. The molecule has 108 valence electrons. The molecule has 2 aromatic carbocycles. The van der Waals surface area contributed by atoms with Gasteiger partial charge in [-0.1, -0.05) is 0 Å². The second-order valence-corrected chi connectivity index (χ2v) is 3.98. The van der Waals surface area contributed by atoms with Gasteiger partial charge in [0.1, 0.15) is 11.6 Å². The second kappa shape index (κ2) is 6.47. The fourth-order valence-corrected chi connectivity index (χ4v) is 1.48. The maximum atomic E-state index is 13.4. The van der Waals surface area contributed by atoms with E-state index in [0.717, 1.165) is 12.1 Å². The number of carbonyl (C=O) groups is 1. The Bertz CT molecular complexity index is 672. The molecule has 21 heavy (non-hydrogen) atoms. The summed E-state index contributed by atoms with van der Waals surface area (Å²) in [6.45, 7) is 0. The van der Waals surface area contributed by atoms with Gasteiger partial charge in [0, 0.05) is 6.07 Å². The summed E-state index contributed by atoms with van der Waals surface area (Å²) in [5, 5.41) is 3.59. The van der Waals surface area contributed by atoms with Crippen LogP contribution in [0.3, 0.4) is 0 Å². The summed E-state index contributed by atoms with van der Waals surface area (Å²) in [7, 11) is 0. The highest BCUT2D eigenvalue weighted by molar-refractivity contribution is 5.81. The molecule has 0 saturated carbocycles. The van der Waals surface area contributed by atoms with E-state index >= 15 is 0 Å². The summed E-state index contributed by atoms with van der Waals surface area (Å²) in [6.07, 6.45) is 1.38. The molecule has 7 heteroatoms. The van der Waals surface area contributed by atoms with Crippen molar-refractivity contribution in [2.45, 2.75) is 0 Å². The molecule has 3 N–H and O–H groups in total. The number of amides is 2. The van der Waals surface area contributed by atoms with Crippen molar-refractivity contribution in [3.63, 3.8) is 0 Å². The molecule has 0 atom stereocenters. The van der Waals surface area contributed by atoms with Crippen LogP contribution in [0.4, 0.5) is 13.6 Å². The number of carbonyl (C=O) groups excluding carboxylic acids is 1. The first-order valence-corrected chi connectivity index (χ1v) is 5.86. The number of benzene rings is 2. The van der Waals surface area contributed by atoms with Crippen LogP contribution < -0.4 is 15.9 Å². The van der Waals surface area contributed by atoms with Crippen molar-refractivity contribution in [1.82, 2.24) is 5.43 Å². The van der Waals surface area contributed by atoms with E-state index in [0.29, 0.717) is 11.3 Å². The lowest BCUT2D eigenvalue weighted by Crippen LogP contribution is -2.24. The molecule has 2 aromatic rings. The minimum absolute atomic E-state index is 0.0757. The van der Waals surface area contributed by atoms with Gasteiger partial charge in [-0.25, -0.2) is 19.0 Å². The summed E-state index contributed by atoms with van der Waals surface area (Å²) in [5.74, 6) is -1.16. The number of hydrogen-bond acceptors (Lipinski definition) is 3. The number of nitrogens with two attached hydrogens (primary N) is 1. The van der Waals surface area contributed by atoms with Gasteiger partial charge in [-0.3, -0.25) is 0 Å². The van der Waals surface area contributed by atoms with Gasteiger partial charge in [-0.2, -0.15) is 5.10 Å². The molecular weight excluding hydrogens is 280 g/mol. The van der Waals surface area contributed by atoms with Gasteiger partial charge in [-0.15, -0.1) is 0 Å². The van der Waals surface area contributed by atoms with Gasteiger partial charge in [0.25, 0.3) is 0 Å². The number of halogens is 2. The van der Waals surface area contributed by atoms with Crippen molar-refractivity contribution in [3.05, 3.63) is 59.7 Å². The van der Waals surface area contributed by atoms with Crippen molar-refractivity contribution in [2.24, 2.45) is 10.8 Å². The van der Waals surface area contributed by atoms with E-state index in [1.54, 1.807) is 24.3 Å². The minimum Gasteiger partial charge on any atom is -0.454 e. The fourth-order valence-electron chi connectivity index (χ4n) is 1.48. The number of rotatable bonds is 4. The lowest BCUT2D eigenvalue weighted by Gasteiger charge is -2.06. The second-order valence-electron chi connectivity index (χ2n) is 3.98. The van der Waals surface area contributed by atoms with E-state index in [1.807, 2.05) is 0 Å². The summed E-state index contributed by atoms with van der Waals surface area (Å²) < 4.78 is 31.5. The van der Waals surface area contributed by atoms with Crippen LogP contribution in [0.15, 0.2) is 47.6 Å². The molecular formula is C14H11F2N3O2. The van der Waals surface area contributed by atoms with E-state index in [9.17, 15) is 13.6 Å². The molecule has 0 bridgehead atoms. The molecule has 0 aliphatic carbocycles. The Morgan fingerprint density at radius 2 is 1.90 bits per heavy atom. The molecule has 0 aliphatic rings. The number of nitrogens with one attached hydrogen (secondary N) is 1. The van der Waals surface area contributed by atoms with Gasteiger partial charge >= 0.3 is 6.03 Å². The zero-order valence-corrected chi connectivity index (χ0v) is 10.7. The molecule has 0 aliphatic heterocycles. The van der Waals surface area contributed by atoms with Crippen molar-refractivity contribution < 1.29 is 18.3 Å². The fraction of sp³-hybridized carbons (Fsp3) is 0. The number of urea groups is 1. The minimum atomic E-state index is -0.786. The Labute approximate surface area is 119 Å². The third-order valence-electron chi connectivity index (χ3n) is 2.39. The van der Waals surface area contributed by atoms with E-state index < -0.39 is 17.7 Å². The van der Waals surface area contributed by atoms with Gasteiger partial charge < -0.3 is 10.5 Å². The van der Waals surface area contributed by atoms with Gasteiger partial charge in [0.05, 0.1) is 6.21 Å².